The van der Waals surface area contributed by atoms with E-state index in [1.54, 1.807) is 15.9 Å². The number of hydrogen-bond acceptors (Lipinski definition) is 6. The first-order chi connectivity index (χ1) is 19.1. The standard InChI is InChI=1S/C32H44N2O6/c1-6-8-9-12-20-39-30(38)26-25-28(36)34(18-10-11-19-35)27(32(25)16-15-31(26,5)40-32)29(37)33(17-7-2)24-21-22(3)13-14-23(24)4/h6-7,13-14,21,25-27,35H,1-2,8-12,15-20H2,3-5H3/t25-,26-,27?,31+,32?/m0/s1. The molecule has 4 rings (SSSR count). The number of nitrogens with zero attached hydrogens (tertiary/aromatic N) is 2. The summed E-state index contributed by atoms with van der Waals surface area (Å²) in [6.07, 6.45) is 8.06. The predicted molar refractivity (Wildman–Crippen MR) is 154 cm³/mol. The van der Waals surface area contributed by atoms with Crippen LogP contribution in [0.1, 0.15) is 63.0 Å². The number of carbonyl (C=O) groups is 3. The van der Waals surface area contributed by atoms with E-state index in [1.165, 1.54) is 0 Å². The van der Waals surface area contributed by atoms with Crippen molar-refractivity contribution in [2.75, 3.05) is 31.2 Å². The number of fused-ring (bicyclic) bond motifs is 1. The molecule has 1 aromatic carbocycles. The molecule has 2 amide bonds. The quantitative estimate of drug-likeness (QED) is 0.211. The summed E-state index contributed by atoms with van der Waals surface area (Å²) < 4.78 is 12.4. The monoisotopic (exact) mass is 552 g/mol. The van der Waals surface area contributed by atoms with E-state index in [0.717, 1.165) is 29.7 Å². The first-order valence-corrected chi connectivity index (χ1v) is 14.5. The van der Waals surface area contributed by atoms with Gasteiger partial charge in [0.2, 0.25) is 5.91 Å². The third-order valence-corrected chi connectivity index (χ3v) is 8.85. The van der Waals surface area contributed by atoms with Gasteiger partial charge in [-0.1, -0.05) is 24.3 Å². The third-order valence-electron chi connectivity index (χ3n) is 8.85. The SMILES string of the molecule is C=CCCCCOC(=O)[C@@H]1[C@H]2C(=O)N(CCCCO)C(C(=O)N(CC=C)c3cc(C)ccc3C)C23CC[C@@]1(C)O3. The number of benzene rings is 1. The van der Waals surface area contributed by atoms with E-state index in [4.69, 9.17) is 9.47 Å². The van der Waals surface area contributed by atoms with Crippen LogP contribution in [0.5, 0.6) is 0 Å². The zero-order chi connectivity index (χ0) is 29.1. The first kappa shape index (κ1) is 30.0. The van der Waals surface area contributed by atoms with Crippen LogP contribution in [-0.2, 0) is 23.9 Å². The van der Waals surface area contributed by atoms with Crippen LogP contribution < -0.4 is 4.90 Å². The van der Waals surface area contributed by atoms with Crippen LogP contribution in [0.15, 0.2) is 43.5 Å². The van der Waals surface area contributed by atoms with Crippen LogP contribution in [0.3, 0.4) is 0 Å². The van der Waals surface area contributed by atoms with E-state index in [-0.39, 0.29) is 31.6 Å². The van der Waals surface area contributed by atoms with Gasteiger partial charge in [0.25, 0.3) is 5.91 Å². The second kappa shape index (κ2) is 12.3. The summed E-state index contributed by atoms with van der Waals surface area (Å²) in [6.45, 7) is 14.3. The molecule has 3 aliphatic heterocycles. The summed E-state index contributed by atoms with van der Waals surface area (Å²) in [5.41, 5.74) is 0.722. The Morgan fingerprint density at radius 2 is 1.95 bits per heavy atom. The number of carbonyl (C=O) groups excluding carboxylic acids is 3. The van der Waals surface area contributed by atoms with Crippen molar-refractivity contribution in [1.82, 2.24) is 4.90 Å². The summed E-state index contributed by atoms with van der Waals surface area (Å²) >= 11 is 0. The molecule has 2 unspecified atom stereocenters. The Balaban J connectivity index is 1.71. The van der Waals surface area contributed by atoms with Gasteiger partial charge in [-0.3, -0.25) is 14.4 Å². The average Bonchev–Trinajstić information content (AvgIpc) is 3.49. The fourth-order valence-corrected chi connectivity index (χ4v) is 6.94. The maximum Gasteiger partial charge on any atom is 0.312 e. The maximum atomic E-state index is 14.6. The number of amides is 2. The van der Waals surface area contributed by atoms with Crippen molar-refractivity contribution >= 4 is 23.5 Å². The molecule has 0 radical (unpaired) electrons. The molecule has 218 valence electrons. The lowest BCUT2D eigenvalue weighted by Crippen LogP contribution is -2.56. The average molecular weight is 553 g/mol. The Morgan fingerprint density at radius 1 is 1.18 bits per heavy atom. The normalized spacial score (nSPS) is 28.4. The van der Waals surface area contributed by atoms with Crippen LogP contribution in [0, 0.1) is 25.7 Å². The predicted octanol–water partition coefficient (Wildman–Crippen LogP) is 4.26. The maximum absolute atomic E-state index is 14.6. The van der Waals surface area contributed by atoms with Gasteiger partial charge in [0, 0.05) is 25.4 Å². The molecular weight excluding hydrogens is 508 g/mol. The molecule has 3 saturated heterocycles. The summed E-state index contributed by atoms with van der Waals surface area (Å²) in [7, 11) is 0. The van der Waals surface area contributed by atoms with Gasteiger partial charge in [-0.2, -0.15) is 0 Å². The number of esters is 1. The summed E-state index contributed by atoms with van der Waals surface area (Å²) in [5.74, 6) is -2.48. The highest BCUT2D eigenvalue weighted by Crippen LogP contribution is 2.63. The molecule has 1 N–H and O–H groups in total. The smallest absolute Gasteiger partial charge is 0.312 e. The number of anilines is 1. The van der Waals surface area contributed by atoms with Gasteiger partial charge in [0.15, 0.2) is 0 Å². The van der Waals surface area contributed by atoms with Crippen molar-refractivity contribution in [3.63, 3.8) is 0 Å². The molecule has 8 nitrogen and oxygen atoms in total. The largest absolute Gasteiger partial charge is 0.465 e. The number of likely N-dealkylation sites (tertiary alicyclic amines) is 1. The molecule has 3 heterocycles. The Hall–Kier alpha value is -2.97. The van der Waals surface area contributed by atoms with Gasteiger partial charge < -0.3 is 24.4 Å². The molecule has 2 bridgehead atoms. The number of allylic oxidation sites excluding steroid dienone is 1. The molecule has 0 aromatic heterocycles. The second-order valence-corrected chi connectivity index (χ2v) is 11.7. The lowest BCUT2D eigenvalue weighted by Gasteiger charge is -2.37. The Bertz CT molecular complexity index is 1150. The number of ether oxygens (including phenoxy) is 2. The summed E-state index contributed by atoms with van der Waals surface area (Å²) in [6, 6.07) is 5.06. The topological polar surface area (TPSA) is 96.4 Å². The number of hydrogen-bond donors (Lipinski definition) is 1. The minimum absolute atomic E-state index is 0.00430. The van der Waals surface area contributed by atoms with Crippen LogP contribution in [0.2, 0.25) is 0 Å². The molecule has 1 aromatic rings. The summed E-state index contributed by atoms with van der Waals surface area (Å²) in [4.78, 5) is 45.6. The lowest BCUT2D eigenvalue weighted by molar-refractivity contribution is -0.159. The zero-order valence-electron chi connectivity index (χ0n) is 24.2. The molecular formula is C32H44N2O6. The molecule has 8 heteroatoms. The third kappa shape index (κ3) is 5.23. The van der Waals surface area contributed by atoms with Gasteiger partial charge >= 0.3 is 5.97 Å². The second-order valence-electron chi connectivity index (χ2n) is 11.7. The molecule has 0 saturated carbocycles. The van der Waals surface area contributed by atoms with Crippen molar-refractivity contribution in [3.05, 3.63) is 54.6 Å². The highest BCUT2D eigenvalue weighted by Gasteiger charge is 2.78. The molecule has 1 spiro atoms. The van der Waals surface area contributed by atoms with Crippen LogP contribution in [0.4, 0.5) is 5.69 Å². The van der Waals surface area contributed by atoms with Crippen LogP contribution in [0.25, 0.3) is 0 Å². The minimum Gasteiger partial charge on any atom is -0.465 e. The van der Waals surface area contributed by atoms with Gasteiger partial charge in [-0.15, -0.1) is 13.2 Å². The van der Waals surface area contributed by atoms with E-state index < -0.39 is 35.0 Å². The Labute approximate surface area is 238 Å². The molecule has 5 atom stereocenters. The van der Waals surface area contributed by atoms with E-state index in [1.807, 2.05) is 45.0 Å². The first-order valence-electron chi connectivity index (χ1n) is 14.5. The zero-order valence-corrected chi connectivity index (χ0v) is 24.2. The van der Waals surface area contributed by atoms with E-state index >= 15 is 0 Å². The van der Waals surface area contributed by atoms with Crippen LogP contribution in [-0.4, -0.2) is 71.3 Å². The molecule has 3 fully saturated rings. The van der Waals surface area contributed by atoms with Gasteiger partial charge in [0.05, 0.1) is 18.1 Å². The molecule has 0 aliphatic carbocycles. The number of aryl methyl sites for hydroxylation is 2. The van der Waals surface area contributed by atoms with E-state index in [0.29, 0.717) is 38.6 Å². The Kier molecular flexibility index (Phi) is 9.20. The van der Waals surface area contributed by atoms with Crippen molar-refractivity contribution in [1.29, 1.82) is 0 Å². The van der Waals surface area contributed by atoms with Crippen LogP contribution >= 0.6 is 0 Å². The fourth-order valence-electron chi connectivity index (χ4n) is 6.94. The minimum atomic E-state index is -1.12. The lowest BCUT2D eigenvalue weighted by atomic mass is 9.66. The van der Waals surface area contributed by atoms with Crippen molar-refractivity contribution in [2.45, 2.75) is 83.0 Å². The number of aliphatic hydroxyl groups excluding tert-OH is 1. The highest BCUT2D eigenvalue weighted by atomic mass is 16.6. The van der Waals surface area contributed by atoms with Crippen molar-refractivity contribution in [3.8, 4) is 0 Å². The molecule has 40 heavy (non-hydrogen) atoms. The molecule has 3 aliphatic rings. The van der Waals surface area contributed by atoms with Gasteiger partial charge in [0.1, 0.15) is 17.6 Å². The number of unbranched alkanes of at least 4 members (excludes halogenated alkanes) is 3. The van der Waals surface area contributed by atoms with Gasteiger partial charge in [-0.05, 0) is 82.9 Å². The fraction of sp³-hybridized carbons (Fsp3) is 0.594. The van der Waals surface area contributed by atoms with E-state index in [2.05, 4.69) is 13.2 Å². The Morgan fingerprint density at radius 3 is 2.65 bits per heavy atom. The number of rotatable bonds is 14. The summed E-state index contributed by atoms with van der Waals surface area (Å²) in [5, 5.41) is 9.41. The van der Waals surface area contributed by atoms with Crippen molar-refractivity contribution in [2.24, 2.45) is 11.8 Å². The highest BCUT2D eigenvalue weighted by molar-refractivity contribution is 6.05. The number of aliphatic hydroxyl groups is 1. The van der Waals surface area contributed by atoms with Crippen molar-refractivity contribution < 1.29 is 29.0 Å². The van der Waals surface area contributed by atoms with E-state index in [9.17, 15) is 19.5 Å². The van der Waals surface area contributed by atoms with Gasteiger partial charge in [-0.25, -0.2) is 0 Å².